The number of rotatable bonds is 10. The van der Waals surface area contributed by atoms with Gasteiger partial charge >= 0.3 is 12.1 Å². The molecule has 216 valence electrons. The third kappa shape index (κ3) is 8.68. The van der Waals surface area contributed by atoms with Crippen LogP contribution in [-0.4, -0.2) is 77.3 Å². The number of carboxylic acid groups (broad SMARTS) is 1. The predicted molar refractivity (Wildman–Crippen MR) is 148 cm³/mol. The van der Waals surface area contributed by atoms with Gasteiger partial charge in [0.1, 0.15) is 5.69 Å². The van der Waals surface area contributed by atoms with Gasteiger partial charge in [0.05, 0.1) is 24.6 Å². The number of anilines is 3. The van der Waals surface area contributed by atoms with Crippen LogP contribution >= 0.6 is 0 Å². The molecule has 13 heteroatoms. The fourth-order valence-corrected chi connectivity index (χ4v) is 4.21. The maximum atomic E-state index is 13.7. The molecular weight excluding hydrogens is 538 g/mol. The Bertz CT molecular complexity index is 1370. The fourth-order valence-electron chi connectivity index (χ4n) is 4.21. The molecule has 2 aromatic carbocycles. The number of hydrogen-bond acceptors (Lipinski definition) is 6. The SMILES string of the molecule is O=C(O)Nc1ccccc1NC(=O)c1ccc(CN(CCCN2CCOCC2)C(=O)Nc2ccc(F)c(F)c2)cn1. The summed E-state index contributed by atoms with van der Waals surface area (Å²) in [5.41, 5.74) is 1.33. The van der Waals surface area contributed by atoms with Crippen molar-refractivity contribution < 1.29 is 33.0 Å². The van der Waals surface area contributed by atoms with Gasteiger partial charge in [-0.05, 0) is 42.3 Å². The van der Waals surface area contributed by atoms with E-state index in [1.54, 1.807) is 24.3 Å². The lowest BCUT2D eigenvalue weighted by molar-refractivity contribution is 0.0365. The van der Waals surface area contributed by atoms with E-state index in [4.69, 9.17) is 9.84 Å². The van der Waals surface area contributed by atoms with E-state index in [2.05, 4.69) is 25.8 Å². The highest BCUT2D eigenvalue weighted by Crippen LogP contribution is 2.22. The van der Waals surface area contributed by atoms with E-state index in [0.29, 0.717) is 31.7 Å². The summed E-state index contributed by atoms with van der Waals surface area (Å²) in [5, 5.41) is 16.5. The molecule has 11 nitrogen and oxygen atoms in total. The molecule has 0 aliphatic carbocycles. The summed E-state index contributed by atoms with van der Waals surface area (Å²) in [5.74, 6) is -2.63. The van der Waals surface area contributed by atoms with Crippen LogP contribution < -0.4 is 16.0 Å². The molecule has 0 atom stereocenters. The Morgan fingerprint density at radius 2 is 1.68 bits per heavy atom. The second kappa shape index (κ2) is 14.1. The van der Waals surface area contributed by atoms with Crippen LogP contribution in [0.1, 0.15) is 22.5 Å². The van der Waals surface area contributed by atoms with E-state index >= 15 is 0 Å². The van der Waals surface area contributed by atoms with Gasteiger partial charge in [-0.3, -0.25) is 20.0 Å². The van der Waals surface area contributed by atoms with Gasteiger partial charge in [-0.1, -0.05) is 18.2 Å². The Kier molecular flexibility index (Phi) is 10.1. The maximum absolute atomic E-state index is 13.7. The average molecular weight is 569 g/mol. The van der Waals surface area contributed by atoms with E-state index in [1.807, 2.05) is 0 Å². The van der Waals surface area contributed by atoms with Gasteiger partial charge in [0.25, 0.3) is 5.91 Å². The lowest BCUT2D eigenvalue weighted by atomic mass is 10.2. The molecule has 3 aromatic rings. The molecule has 0 bridgehead atoms. The van der Waals surface area contributed by atoms with Crippen molar-refractivity contribution in [2.24, 2.45) is 0 Å². The number of urea groups is 1. The van der Waals surface area contributed by atoms with Gasteiger partial charge in [-0.25, -0.2) is 18.4 Å². The number of amides is 4. The van der Waals surface area contributed by atoms with Crippen LogP contribution in [0.3, 0.4) is 0 Å². The molecule has 0 radical (unpaired) electrons. The smallest absolute Gasteiger partial charge is 0.409 e. The lowest BCUT2D eigenvalue weighted by Crippen LogP contribution is -2.40. The van der Waals surface area contributed by atoms with Crippen LogP contribution in [0.4, 0.5) is 35.4 Å². The number of carbonyl (C=O) groups excluding carboxylic acids is 2. The highest BCUT2D eigenvalue weighted by Gasteiger charge is 2.18. The number of carbonyl (C=O) groups is 3. The van der Waals surface area contributed by atoms with Crippen molar-refractivity contribution in [1.29, 1.82) is 0 Å². The number of benzene rings is 2. The van der Waals surface area contributed by atoms with E-state index < -0.39 is 29.7 Å². The first kappa shape index (κ1) is 29.4. The predicted octanol–water partition coefficient (Wildman–Crippen LogP) is 4.46. The Morgan fingerprint density at radius 1 is 0.951 bits per heavy atom. The minimum atomic E-state index is -1.27. The summed E-state index contributed by atoms with van der Waals surface area (Å²) >= 11 is 0. The average Bonchev–Trinajstić information content (AvgIpc) is 2.96. The van der Waals surface area contributed by atoms with Crippen molar-refractivity contribution in [3.63, 3.8) is 0 Å². The topological polar surface area (TPSA) is 136 Å². The number of nitrogens with one attached hydrogen (secondary N) is 3. The molecule has 0 unspecified atom stereocenters. The molecule has 4 amide bonds. The summed E-state index contributed by atoms with van der Waals surface area (Å²) in [6, 6.07) is 12.1. The molecule has 41 heavy (non-hydrogen) atoms. The largest absolute Gasteiger partial charge is 0.465 e. The number of halogens is 2. The van der Waals surface area contributed by atoms with Crippen molar-refractivity contribution in [2.75, 3.05) is 55.3 Å². The molecule has 1 aromatic heterocycles. The third-order valence-corrected chi connectivity index (χ3v) is 6.31. The molecule has 1 fully saturated rings. The minimum Gasteiger partial charge on any atom is -0.465 e. The van der Waals surface area contributed by atoms with Crippen molar-refractivity contribution in [3.05, 3.63) is 83.7 Å². The van der Waals surface area contributed by atoms with Gasteiger partial charge in [-0.15, -0.1) is 0 Å². The Hall–Kier alpha value is -4.62. The number of aromatic nitrogens is 1. The number of morpholine rings is 1. The number of para-hydroxylation sites is 2. The summed E-state index contributed by atoms with van der Waals surface area (Å²) < 4.78 is 32.4. The van der Waals surface area contributed by atoms with Gasteiger partial charge in [0, 0.05) is 50.7 Å². The first-order valence-electron chi connectivity index (χ1n) is 12.9. The molecular formula is C28H30F2N6O5. The Balaban J connectivity index is 1.42. The molecule has 1 aliphatic heterocycles. The highest BCUT2D eigenvalue weighted by atomic mass is 19.2. The molecule has 4 rings (SSSR count). The molecule has 2 heterocycles. The molecule has 4 N–H and O–H groups in total. The van der Waals surface area contributed by atoms with Gasteiger partial charge in [0.2, 0.25) is 0 Å². The summed E-state index contributed by atoms with van der Waals surface area (Å²) in [6.07, 6.45) is 0.872. The van der Waals surface area contributed by atoms with Crippen LogP contribution in [0, 0.1) is 11.6 Å². The Labute approximate surface area is 235 Å². The first-order chi connectivity index (χ1) is 19.8. The first-order valence-corrected chi connectivity index (χ1v) is 12.9. The maximum Gasteiger partial charge on any atom is 0.409 e. The van der Waals surface area contributed by atoms with Crippen molar-refractivity contribution in [3.8, 4) is 0 Å². The zero-order valence-electron chi connectivity index (χ0n) is 22.1. The van der Waals surface area contributed by atoms with Gasteiger partial charge < -0.3 is 25.4 Å². The van der Waals surface area contributed by atoms with E-state index in [0.717, 1.165) is 31.8 Å². The number of nitrogens with zero attached hydrogens (tertiary/aromatic N) is 3. The van der Waals surface area contributed by atoms with E-state index in [9.17, 15) is 23.2 Å². The van der Waals surface area contributed by atoms with Crippen LogP contribution in [0.2, 0.25) is 0 Å². The molecule has 0 saturated carbocycles. The lowest BCUT2D eigenvalue weighted by Gasteiger charge is -2.28. The normalized spacial score (nSPS) is 13.3. The molecule has 1 saturated heterocycles. The van der Waals surface area contributed by atoms with Crippen LogP contribution in [-0.2, 0) is 11.3 Å². The number of pyridine rings is 1. The standard InChI is InChI=1S/C28H30F2N6O5/c29-21-8-7-20(16-22(21)30)32-27(38)36(11-3-10-35-12-14-41-15-13-35)18-19-6-9-25(31-17-19)26(37)33-23-4-1-2-5-24(23)34-28(39)40/h1-2,4-9,16-17,34H,3,10-15,18H2,(H,32,38)(H,33,37)(H,39,40). The zero-order chi connectivity index (χ0) is 29.2. The second-order valence-corrected chi connectivity index (χ2v) is 9.27. The summed E-state index contributed by atoms with van der Waals surface area (Å²) in [7, 11) is 0. The van der Waals surface area contributed by atoms with Crippen molar-refractivity contribution >= 4 is 35.1 Å². The van der Waals surface area contributed by atoms with E-state index in [-0.39, 0.29) is 29.3 Å². The van der Waals surface area contributed by atoms with Crippen molar-refractivity contribution in [2.45, 2.75) is 13.0 Å². The number of hydrogen-bond donors (Lipinski definition) is 4. The van der Waals surface area contributed by atoms with Gasteiger partial charge in [-0.2, -0.15) is 0 Å². The van der Waals surface area contributed by atoms with Crippen LogP contribution in [0.25, 0.3) is 0 Å². The summed E-state index contributed by atoms with van der Waals surface area (Å²) in [4.78, 5) is 44.9. The second-order valence-electron chi connectivity index (χ2n) is 9.27. The fraction of sp³-hybridized carbons (Fsp3) is 0.286. The van der Waals surface area contributed by atoms with E-state index in [1.165, 1.54) is 29.3 Å². The highest BCUT2D eigenvalue weighted by molar-refractivity contribution is 6.05. The Morgan fingerprint density at radius 3 is 2.34 bits per heavy atom. The van der Waals surface area contributed by atoms with Crippen LogP contribution in [0.15, 0.2) is 60.8 Å². The minimum absolute atomic E-state index is 0.0870. The monoisotopic (exact) mass is 568 g/mol. The molecule has 1 aliphatic rings. The number of ether oxygens (including phenoxy) is 1. The van der Waals surface area contributed by atoms with Gasteiger partial charge in [0.15, 0.2) is 11.6 Å². The quantitative estimate of drug-likeness (QED) is 0.284. The van der Waals surface area contributed by atoms with Crippen molar-refractivity contribution in [1.82, 2.24) is 14.8 Å². The zero-order valence-corrected chi connectivity index (χ0v) is 22.1. The van der Waals surface area contributed by atoms with Crippen LogP contribution in [0.5, 0.6) is 0 Å². The third-order valence-electron chi connectivity index (χ3n) is 6.31. The molecule has 0 spiro atoms. The summed E-state index contributed by atoms with van der Waals surface area (Å²) in [6.45, 7) is 4.23.